The van der Waals surface area contributed by atoms with Gasteiger partial charge in [-0.1, -0.05) is 22.9 Å². The summed E-state index contributed by atoms with van der Waals surface area (Å²) in [6.45, 7) is 5.82. The average molecular weight is 420 g/mol. The molecule has 0 saturated carbocycles. The number of nitrogens with one attached hydrogen (secondary N) is 1. The standard InChI is InChI=1S/C18H18BrN3O2S/c1-4-9(2)22-17(24)14(16(23)21-18(22)25)8-12-10(3)20-15-6-5-11(19)7-13(12)15/h5-9,24H,4H2,1-3H3,(H,21,23,25)/b12-8-/t9-/m0/s1. The summed E-state index contributed by atoms with van der Waals surface area (Å²) in [5.41, 5.74) is 3.15. The zero-order chi connectivity index (χ0) is 18.3. The van der Waals surface area contributed by atoms with E-state index in [0.717, 1.165) is 33.4 Å². The predicted molar refractivity (Wildman–Crippen MR) is 107 cm³/mol. The third-order valence-corrected chi connectivity index (χ3v) is 5.19. The molecule has 0 spiro atoms. The number of halogens is 1. The highest BCUT2D eigenvalue weighted by Crippen LogP contribution is 2.38. The number of hydrogen-bond acceptors (Lipinski definition) is 4. The minimum atomic E-state index is -0.411. The lowest BCUT2D eigenvalue weighted by Gasteiger charge is -2.17. The van der Waals surface area contributed by atoms with Gasteiger partial charge >= 0.3 is 0 Å². The van der Waals surface area contributed by atoms with Crippen LogP contribution in [0.2, 0.25) is 0 Å². The van der Waals surface area contributed by atoms with Crippen molar-refractivity contribution in [3.8, 4) is 5.88 Å². The van der Waals surface area contributed by atoms with Crippen molar-refractivity contribution in [3.05, 3.63) is 48.9 Å². The molecule has 5 nitrogen and oxygen atoms in total. The monoisotopic (exact) mass is 419 g/mol. The van der Waals surface area contributed by atoms with E-state index in [1.54, 1.807) is 10.6 Å². The van der Waals surface area contributed by atoms with E-state index in [2.05, 4.69) is 25.9 Å². The molecule has 0 fully saturated rings. The lowest BCUT2D eigenvalue weighted by atomic mass is 10.0. The molecular formula is C18H18BrN3O2S. The Kier molecular flexibility index (Phi) is 4.79. The van der Waals surface area contributed by atoms with E-state index in [-0.39, 0.29) is 22.3 Å². The second kappa shape index (κ2) is 6.72. The van der Waals surface area contributed by atoms with Gasteiger partial charge in [-0.3, -0.25) is 19.3 Å². The van der Waals surface area contributed by atoms with Crippen molar-refractivity contribution in [1.82, 2.24) is 9.55 Å². The van der Waals surface area contributed by atoms with Crippen LogP contribution in [0.3, 0.4) is 0 Å². The van der Waals surface area contributed by atoms with Gasteiger partial charge in [0.25, 0.3) is 5.56 Å². The number of aromatic nitrogens is 2. The summed E-state index contributed by atoms with van der Waals surface area (Å²) in [7, 11) is 0. The van der Waals surface area contributed by atoms with E-state index in [0.29, 0.717) is 0 Å². The van der Waals surface area contributed by atoms with E-state index < -0.39 is 5.56 Å². The molecular weight excluding hydrogens is 402 g/mol. The van der Waals surface area contributed by atoms with Crippen LogP contribution in [0.4, 0.5) is 5.69 Å². The molecule has 130 valence electrons. The van der Waals surface area contributed by atoms with Crippen LogP contribution in [0.5, 0.6) is 5.88 Å². The summed E-state index contributed by atoms with van der Waals surface area (Å²) in [5.74, 6) is -0.119. The van der Waals surface area contributed by atoms with Crippen molar-refractivity contribution < 1.29 is 5.11 Å². The molecule has 0 radical (unpaired) electrons. The zero-order valence-corrected chi connectivity index (χ0v) is 16.5. The van der Waals surface area contributed by atoms with Crippen LogP contribution in [0.15, 0.2) is 32.5 Å². The summed E-state index contributed by atoms with van der Waals surface area (Å²) < 4.78 is 2.72. The molecule has 1 aliphatic rings. The number of aromatic hydroxyl groups is 1. The Labute approximate surface area is 158 Å². The molecule has 0 saturated heterocycles. The largest absolute Gasteiger partial charge is 0.494 e. The fraction of sp³-hybridized carbons (Fsp3) is 0.278. The third-order valence-electron chi connectivity index (χ3n) is 4.40. The SMILES string of the molecule is CC[C@H](C)n1c(O)c(/C=C2/C(C)=Nc3ccc(Br)cc32)c(=O)[nH]c1=S. The van der Waals surface area contributed by atoms with Gasteiger partial charge in [0, 0.05) is 27.4 Å². The molecule has 0 unspecified atom stereocenters. The summed E-state index contributed by atoms with van der Waals surface area (Å²) in [6, 6.07) is 5.77. The molecule has 25 heavy (non-hydrogen) atoms. The molecule has 0 bridgehead atoms. The van der Waals surface area contributed by atoms with E-state index >= 15 is 0 Å². The molecule has 1 aromatic heterocycles. The van der Waals surface area contributed by atoms with Crippen LogP contribution in [0, 0.1) is 4.77 Å². The molecule has 1 atom stereocenters. The molecule has 0 aliphatic carbocycles. The first-order valence-electron chi connectivity index (χ1n) is 7.98. The van der Waals surface area contributed by atoms with Crippen LogP contribution < -0.4 is 5.56 Å². The number of aromatic amines is 1. The van der Waals surface area contributed by atoms with Gasteiger partial charge < -0.3 is 5.11 Å². The number of hydrogen-bond donors (Lipinski definition) is 2. The summed E-state index contributed by atoms with van der Waals surface area (Å²) in [6.07, 6.45) is 2.46. The minimum Gasteiger partial charge on any atom is -0.494 e. The van der Waals surface area contributed by atoms with Gasteiger partial charge in [-0.25, -0.2) is 0 Å². The van der Waals surface area contributed by atoms with Crippen LogP contribution in [0.1, 0.15) is 44.4 Å². The van der Waals surface area contributed by atoms with Crippen LogP contribution in [0.25, 0.3) is 11.6 Å². The van der Waals surface area contributed by atoms with Crippen molar-refractivity contribution >= 4 is 51.2 Å². The number of fused-ring (bicyclic) bond motifs is 1. The van der Waals surface area contributed by atoms with Gasteiger partial charge in [0.1, 0.15) is 5.56 Å². The fourth-order valence-electron chi connectivity index (χ4n) is 2.86. The van der Waals surface area contributed by atoms with E-state index in [4.69, 9.17) is 12.2 Å². The number of allylic oxidation sites excluding steroid dienone is 1. The van der Waals surface area contributed by atoms with Crippen molar-refractivity contribution in [3.63, 3.8) is 0 Å². The highest BCUT2D eigenvalue weighted by Gasteiger charge is 2.21. The summed E-state index contributed by atoms with van der Waals surface area (Å²) in [5, 5.41) is 10.7. The van der Waals surface area contributed by atoms with Gasteiger partial charge in [-0.2, -0.15) is 0 Å². The van der Waals surface area contributed by atoms with Gasteiger partial charge in [-0.15, -0.1) is 0 Å². The number of rotatable bonds is 3. The van der Waals surface area contributed by atoms with Gasteiger partial charge in [-0.05, 0) is 56.8 Å². The van der Waals surface area contributed by atoms with E-state index in [9.17, 15) is 9.90 Å². The van der Waals surface area contributed by atoms with Crippen molar-refractivity contribution in [2.45, 2.75) is 33.2 Å². The molecule has 2 aromatic rings. The Bertz CT molecular complexity index is 1030. The van der Waals surface area contributed by atoms with E-state index in [1.165, 1.54) is 0 Å². The van der Waals surface area contributed by atoms with Gasteiger partial charge in [0.2, 0.25) is 5.88 Å². The maximum absolute atomic E-state index is 12.4. The maximum atomic E-state index is 12.4. The summed E-state index contributed by atoms with van der Waals surface area (Å²) >= 11 is 8.67. The molecule has 3 rings (SSSR count). The van der Waals surface area contributed by atoms with Crippen molar-refractivity contribution in [2.75, 3.05) is 0 Å². The molecule has 1 aromatic carbocycles. The Hall–Kier alpha value is -1.99. The van der Waals surface area contributed by atoms with E-state index in [1.807, 2.05) is 39.0 Å². The van der Waals surface area contributed by atoms with Crippen LogP contribution in [-0.4, -0.2) is 20.4 Å². The molecule has 0 amide bonds. The Balaban J connectivity index is 2.25. The first kappa shape index (κ1) is 17.8. The Morgan fingerprint density at radius 2 is 2.20 bits per heavy atom. The normalized spacial score (nSPS) is 16.0. The second-order valence-corrected chi connectivity index (χ2v) is 7.34. The minimum absolute atomic E-state index is 0.0266. The number of benzene rings is 1. The number of H-pyrrole nitrogens is 1. The number of aliphatic imine (C=N–C) groups is 1. The first-order valence-corrected chi connectivity index (χ1v) is 9.18. The van der Waals surface area contributed by atoms with Gasteiger partial charge in [0.15, 0.2) is 4.77 Å². The first-order chi connectivity index (χ1) is 11.8. The Morgan fingerprint density at radius 3 is 2.88 bits per heavy atom. The average Bonchev–Trinajstić information content (AvgIpc) is 2.85. The lowest BCUT2D eigenvalue weighted by Crippen LogP contribution is -2.19. The molecule has 2 N–H and O–H groups in total. The topological polar surface area (TPSA) is 70.4 Å². The smallest absolute Gasteiger partial charge is 0.262 e. The Morgan fingerprint density at radius 1 is 1.48 bits per heavy atom. The predicted octanol–water partition coefficient (Wildman–Crippen LogP) is 4.99. The van der Waals surface area contributed by atoms with Crippen molar-refractivity contribution in [1.29, 1.82) is 0 Å². The lowest BCUT2D eigenvalue weighted by molar-refractivity contribution is 0.371. The highest BCUT2D eigenvalue weighted by molar-refractivity contribution is 9.10. The highest BCUT2D eigenvalue weighted by atomic mass is 79.9. The van der Waals surface area contributed by atoms with Gasteiger partial charge in [0.05, 0.1) is 5.69 Å². The zero-order valence-electron chi connectivity index (χ0n) is 14.1. The quantitative estimate of drug-likeness (QED) is 0.688. The van der Waals surface area contributed by atoms with Crippen LogP contribution >= 0.6 is 28.1 Å². The third kappa shape index (κ3) is 3.14. The fourth-order valence-corrected chi connectivity index (χ4v) is 3.58. The maximum Gasteiger partial charge on any atom is 0.262 e. The van der Waals surface area contributed by atoms with Crippen molar-refractivity contribution in [2.24, 2.45) is 4.99 Å². The second-order valence-electron chi connectivity index (χ2n) is 6.04. The number of nitrogens with zero attached hydrogens (tertiary/aromatic N) is 2. The summed E-state index contributed by atoms with van der Waals surface area (Å²) in [4.78, 5) is 19.6. The van der Waals surface area contributed by atoms with Crippen LogP contribution in [-0.2, 0) is 0 Å². The molecule has 1 aliphatic heterocycles. The molecule has 2 heterocycles. The molecule has 7 heteroatoms.